The van der Waals surface area contributed by atoms with Crippen LogP contribution in [-0.4, -0.2) is 22.7 Å². The van der Waals surface area contributed by atoms with Crippen molar-refractivity contribution < 1.29 is 5.11 Å². The highest BCUT2D eigenvalue weighted by molar-refractivity contribution is 8.00. The van der Waals surface area contributed by atoms with E-state index < -0.39 is 0 Å². The van der Waals surface area contributed by atoms with E-state index in [0.717, 1.165) is 6.42 Å². The summed E-state index contributed by atoms with van der Waals surface area (Å²) in [7, 11) is 0. The fourth-order valence-electron chi connectivity index (χ4n) is 0.321. The third-order valence-corrected chi connectivity index (χ3v) is 2.98. The molecular formula is C6H14OS. The maximum Gasteiger partial charge on any atom is 0.0575 e. The van der Waals surface area contributed by atoms with Crippen molar-refractivity contribution in [3.63, 3.8) is 0 Å². The highest BCUT2D eigenvalue weighted by Crippen LogP contribution is 2.24. The largest absolute Gasteiger partial charge is 0.395 e. The van der Waals surface area contributed by atoms with Crippen LogP contribution in [0.3, 0.4) is 0 Å². The van der Waals surface area contributed by atoms with Crippen molar-refractivity contribution in [3.8, 4) is 0 Å². The first-order valence-electron chi connectivity index (χ1n) is 2.84. The van der Waals surface area contributed by atoms with E-state index in [1.807, 2.05) is 6.26 Å². The zero-order chi connectivity index (χ0) is 6.62. The van der Waals surface area contributed by atoms with Crippen LogP contribution in [0, 0.1) is 0 Å². The van der Waals surface area contributed by atoms with E-state index in [-0.39, 0.29) is 11.4 Å². The maximum atomic E-state index is 8.76. The van der Waals surface area contributed by atoms with Crippen LogP contribution < -0.4 is 0 Å². The van der Waals surface area contributed by atoms with Gasteiger partial charge in [0.05, 0.1) is 6.61 Å². The maximum absolute atomic E-state index is 8.76. The summed E-state index contributed by atoms with van der Waals surface area (Å²) < 4.78 is 0.0972. The van der Waals surface area contributed by atoms with Gasteiger partial charge in [0.1, 0.15) is 0 Å². The summed E-state index contributed by atoms with van der Waals surface area (Å²) in [6.07, 6.45) is 3.06. The van der Waals surface area contributed by atoms with Gasteiger partial charge in [-0.25, -0.2) is 0 Å². The van der Waals surface area contributed by atoms with E-state index >= 15 is 0 Å². The van der Waals surface area contributed by atoms with Crippen molar-refractivity contribution in [3.05, 3.63) is 0 Å². The Bertz CT molecular complexity index is 51.3. The molecule has 0 aliphatic carbocycles. The summed E-state index contributed by atoms with van der Waals surface area (Å²) in [6, 6.07) is 0. The first-order valence-corrected chi connectivity index (χ1v) is 4.07. The Morgan fingerprint density at radius 3 is 2.12 bits per heavy atom. The number of aliphatic hydroxyl groups excluding tert-OH is 1. The molecule has 50 valence electrons. The van der Waals surface area contributed by atoms with Gasteiger partial charge in [0.25, 0.3) is 0 Å². The second-order valence-electron chi connectivity index (χ2n) is 2.17. The Balaban J connectivity index is 3.58. The van der Waals surface area contributed by atoms with E-state index in [4.69, 9.17) is 5.11 Å². The van der Waals surface area contributed by atoms with Gasteiger partial charge in [-0.3, -0.25) is 0 Å². The zero-order valence-electron chi connectivity index (χ0n) is 5.77. The van der Waals surface area contributed by atoms with Crippen LogP contribution in [0.4, 0.5) is 0 Å². The van der Waals surface area contributed by atoms with Gasteiger partial charge in [0.15, 0.2) is 0 Å². The molecule has 1 unspecified atom stereocenters. The van der Waals surface area contributed by atoms with E-state index in [1.165, 1.54) is 0 Å². The highest BCUT2D eigenvalue weighted by Gasteiger charge is 2.17. The molecule has 0 aliphatic heterocycles. The van der Waals surface area contributed by atoms with Gasteiger partial charge in [-0.05, 0) is 19.6 Å². The molecule has 0 aromatic heterocycles. The van der Waals surface area contributed by atoms with Crippen LogP contribution in [0.25, 0.3) is 0 Å². The third-order valence-electron chi connectivity index (χ3n) is 1.58. The molecule has 1 nitrogen and oxygen atoms in total. The van der Waals surface area contributed by atoms with Gasteiger partial charge in [-0.15, -0.1) is 0 Å². The van der Waals surface area contributed by atoms with E-state index in [9.17, 15) is 0 Å². The van der Waals surface area contributed by atoms with Crippen molar-refractivity contribution >= 4 is 11.8 Å². The Kier molecular flexibility index (Phi) is 3.49. The smallest absolute Gasteiger partial charge is 0.0575 e. The molecule has 0 bridgehead atoms. The first-order chi connectivity index (χ1) is 3.68. The minimum atomic E-state index is 0.0972. The molecule has 2 heteroatoms. The topological polar surface area (TPSA) is 20.2 Å². The normalized spacial score (nSPS) is 18.0. The standard InChI is InChI=1S/C6H14OS/c1-4-6(2,5-7)8-3/h7H,4-5H2,1-3H3. The van der Waals surface area contributed by atoms with E-state index in [2.05, 4.69) is 13.8 Å². The van der Waals surface area contributed by atoms with E-state index in [0.29, 0.717) is 0 Å². The lowest BCUT2D eigenvalue weighted by Gasteiger charge is -2.21. The molecule has 0 fully saturated rings. The molecule has 0 rings (SSSR count). The van der Waals surface area contributed by atoms with Crippen LogP contribution in [0.2, 0.25) is 0 Å². The van der Waals surface area contributed by atoms with Crippen LogP contribution in [-0.2, 0) is 0 Å². The molecule has 0 spiro atoms. The van der Waals surface area contributed by atoms with Crippen LogP contribution >= 0.6 is 11.8 Å². The van der Waals surface area contributed by atoms with Gasteiger partial charge < -0.3 is 5.11 Å². The van der Waals surface area contributed by atoms with Crippen LogP contribution in [0.1, 0.15) is 20.3 Å². The lowest BCUT2D eigenvalue weighted by Crippen LogP contribution is -2.22. The number of thioether (sulfide) groups is 1. The zero-order valence-corrected chi connectivity index (χ0v) is 6.59. The Morgan fingerprint density at radius 1 is 1.62 bits per heavy atom. The van der Waals surface area contributed by atoms with Crippen LogP contribution in [0.5, 0.6) is 0 Å². The molecule has 1 atom stereocenters. The molecule has 0 aromatic carbocycles. The van der Waals surface area contributed by atoms with Crippen molar-refractivity contribution in [1.29, 1.82) is 0 Å². The van der Waals surface area contributed by atoms with Crippen molar-refractivity contribution in [2.45, 2.75) is 25.0 Å². The summed E-state index contributed by atoms with van der Waals surface area (Å²) in [5.74, 6) is 0. The summed E-state index contributed by atoms with van der Waals surface area (Å²) in [6.45, 7) is 4.44. The van der Waals surface area contributed by atoms with E-state index in [1.54, 1.807) is 11.8 Å². The molecular weight excluding hydrogens is 120 g/mol. The number of hydrogen-bond acceptors (Lipinski definition) is 2. The monoisotopic (exact) mass is 134 g/mol. The third kappa shape index (κ3) is 2.05. The fourth-order valence-corrected chi connectivity index (χ4v) is 0.738. The van der Waals surface area contributed by atoms with Gasteiger partial charge >= 0.3 is 0 Å². The van der Waals surface area contributed by atoms with Gasteiger partial charge in [0, 0.05) is 4.75 Å². The van der Waals surface area contributed by atoms with Gasteiger partial charge in [-0.1, -0.05) is 6.92 Å². The predicted molar refractivity (Wildman–Crippen MR) is 39.3 cm³/mol. The number of aliphatic hydroxyl groups is 1. The average molecular weight is 134 g/mol. The van der Waals surface area contributed by atoms with Crippen molar-refractivity contribution in [2.24, 2.45) is 0 Å². The molecule has 0 saturated heterocycles. The minimum Gasteiger partial charge on any atom is -0.395 e. The Hall–Kier alpha value is 0.310. The Morgan fingerprint density at radius 2 is 2.12 bits per heavy atom. The molecule has 1 N–H and O–H groups in total. The lowest BCUT2D eigenvalue weighted by atomic mass is 10.1. The van der Waals surface area contributed by atoms with Gasteiger partial charge in [-0.2, -0.15) is 11.8 Å². The summed E-state index contributed by atoms with van der Waals surface area (Å²) >= 11 is 1.72. The lowest BCUT2D eigenvalue weighted by molar-refractivity contribution is 0.253. The van der Waals surface area contributed by atoms with Crippen LogP contribution in [0.15, 0.2) is 0 Å². The summed E-state index contributed by atoms with van der Waals surface area (Å²) in [5.41, 5.74) is 0. The number of rotatable bonds is 3. The average Bonchev–Trinajstić information content (AvgIpc) is 1.87. The summed E-state index contributed by atoms with van der Waals surface area (Å²) in [4.78, 5) is 0. The second kappa shape index (κ2) is 3.36. The highest BCUT2D eigenvalue weighted by atomic mass is 32.2. The van der Waals surface area contributed by atoms with Crippen molar-refractivity contribution in [1.82, 2.24) is 0 Å². The minimum absolute atomic E-state index is 0.0972. The predicted octanol–water partition coefficient (Wildman–Crippen LogP) is 1.51. The molecule has 0 radical (unpaired) electrons. The molecule has 0 aromatic rings. The number of hydrogen-bond donors (Lipinski definition) is 1. The first kappa shape index (κ1) is 8.31. The molecule has 0 aliphatic rings. The van der Waals surface area contributed by atoms with Crippen molar-refractivity contribution in [2.75, 3.05) is 12.9 Å². The molecule has 8 heavy (non-hydrogen) atoms. The molecule has 0 amide bonds. The SMILES string of the molecule is CCC(C)(CO)SC. The Labute approximate surface area is 55.5 Å². The second-order valence-corrected chi connectivity index (χ2v) is 3.56. The molecule has 0 saturated carbocycles. The summed E-state index contributed by atoms with van der Waals surface area (Å²) in [5, 5.41) is 8.76. The quantitative estimate of drug-likeness (QED) is 0.631. The van der Waals surface area contributed by atoms with Gasteiger partial charge in [0.2, 0.25) is 0 Å². The molecule has 0 heterocycles. The fraction of sp³-hybridized carbons (Fsp3) is 1.00.